The molecule has 188 valence electrons. The Bertz CT molecular complexity index is 1330. The van der Waals surface area contributed by atoms with Crippen molar-refractivity contribution in [3.05, 3.63) is 81.9 Å². The van der Waals surface area contributed by atoms with Crippen LogP contribution in [0.5, 0.6) is 0 Å². The van der Waals surface area contributed by atoms with Crippen molar-refractivity contribution in [1.29, 1.82) is 0 Å². The number of nitrogens with zero attached hydrogens (tertiary/aromatic N) is 3. The predicted octanol–water partition coefficient (Wildman–Crippen LogP) is 3.68. The van der Waals surface area contributed by atoms with Gasteiger partial charge in [0.25, 0.3) is 0 Å². The summed E-state index contributed by atoms with van der Waals surface area (Å²) in [4.78, 5) is 8.99. The fourth-order valence-corrected chi connectivity index (χ4v) is 5.07. The molecule has 5 heteroatoms. The summed E-state index contributed by atoms with van der Waals surface area (Å²) in [5, 5.41) is 8.16. The lowest BCUT2D eigenvalue weighted by Crippen LogP contribution is -2.47. The van der Waals surface area contributed by atoms with E-state index in [2.05, 4.69) is 88.7 Å². The molecule has 1 aliphatic heterocycles. The normalized spacial score (nSPS) is 15.2. The standard InChI is InChI=1S/C31H39N5/c1-23-24(2)31(25(3)30-10-6-5-9-29(23)30)34-15-7-8-26-11-13-28(14-12-26)36-18-16-35(17-19-36)22-27(20-32)21-33-4/h5-6,9-14,20-21,34H,1,3,7-8,15-19,22,32H2,2,4H3. The van der Waals surface area contributed by atoms with Crippen molar-refractivity contribution in [1.82, 2.24) is 4.90 Å². The molecule has 4 rings (SSSR count). The number of benzene rings is 3. The summed E-state index contributed by atoms with van der Waals surface area (Å²) in [7, 11) is 1.78. The number of hydrogen-bond acceptors (Lipinski definition) is 5. The summed E-state index contributed by atoms with van der Waals surface area (Å²) >= 11 is 0. The number of nitrogens with one attached hydrogen (secondary N) is 1. The number of anilines is 2. The second-order valence-corrected chi connectivity index (χ2v) is 9.59. The Morgan fingerprint density at radius 1 is 1.00 bits per heavy atom. The van der Waals surface area contributed by atoms with Crippen molar-refractivity contribution >= 4 is 41.5 Å². The van der Waals surface area contributed by atoms with E-state index in [9.17, 15) is 0 Å². The molecule has 1 fully saturated rings. The van der Waals surface area contributed by atoms with Gasteiger partial charge >= 0.3 is 0 Å². The van der Waals surface area contributed by atoms with Crippen LogP contribution in [0.2, 0.25) is 0 Å². The Morgan fingerprint density at radius 3 is 2.31 bits per heavy atom. The van der Waals surface area contributed by atoms with Crippen molar-refractivity contribution in [2.75, 3.05) is 56.5 Å². The summed E-state index contributed by atoms with van der Waals surface area (Å²) in [5.74, 6) is 0. The zero-order valence-electron chi connectivity index (χ0n) is 21.8. The minimum absolute atomic E-state index is 0.860. The van der Waals surface area contributed by atoms with Crippen LogP contribution in [0, 0.1) is 6.92 Å². The Morgan fingerprint density at radius 2 is 1.67 bits per heavy atom. The zero-order valence-corrected chi connectivity index (χ0v) is 21.8. The molecule has 0 bridgehead atoms. The molecule has 0 unspecified atom stereocenters. The third kappa shape index (κ3) is 5.80. The van der Waals surface area contributed by atoms with Crippen LogP contribution in [0.4, 0.5) is 11.4 Å². The maximum atomic E-state index is 5.72. The molecule has 0 radical (unpaired) electrons. The highest BCUT2D eigenvalue weighted by Gasteiger charge is 2.17. The SMILES string of the molecule is C=c1c(C)c(NCCCc2ccc(N3CCN(CC(C=NC)=CN)CC3)cc2)c(=C)c2ccccc12. The largest absolute Gasteiger partial charge is 0.404 e. The molecular formula is C31H39N5. The minimum Gasteiger partial charge on any atom is -0.404 e. The Labute approximate surface area is 215 Å². The van der Waals surface area contributed by atoms with E-state index < -0.39 is 0 Å². The molecule has 0 saturated carbocycles. The van der Waals surface area contributed by atoms with E-state index >= 15 is 0 Å². The maximum absolute atomic E-state index is 5.72. The first-order valence-electron chi connectivity index (χ1n) is 12.8. The quantitative estimate of drug-likeness (QED) is 0.362. The lowest BCUT2D eigenvalue weighted by molar-refractivity contribution is 0.281. The number of nitrogens with two attached hydrogens (primary N) is 1. The van der Waals surface area contributed by atoms with Crippen molar-refractivity contribution in [3.8, 4) is 0 Å². The first kappa shape index (κ1) is 25.5. The van der Waals surface area contributed by atoms with Crippen molar-refractivity contribution in [3.63, 3.8) is 0 Å². The lowest BCUT2D eigenvalue weighted by Gasteiger charge is -2.36. The molecule has 0 aliphatic carbocycles. The van der Waals surface area contributed by atoms with Gasteiger partial charge in [-0.15, -0.1) is 0 Å². The van der Waals surface area contributed by atoms with E-state index in [0.29, 0.717) is 0 Å². The minimum atomic E-state index is 0.860. The summed E-state index contributed by atoms with van der Waals surface area (Å²) in [6.45, 7) is 16.7. The number of aryl methyl sites for hydroxylation is 1. The summed E-state index contributed by atoms with van der Waals surface area (Å²) in [5.41, 5.74) is 11.8. The molecule has 1 aliphatic rings. The third-order valence-electron chi connectivity index (χ3n) is 7.24. The molecule has 3 aromatic carbocycles. The average molecular weight is 482 g/mol. The molecule has 0 spiro atoms. The topological polar surface area (TPSA) is 56.9 Å². The second kappa shape index (κ2) is 11.9. The van der Waals surface area contributed by atoms with Crippen LogP contribution >= 0.6 is 0 Å². The fraction of sp³-hybridized carbons (Fsp3) is 0.323. The number of piperazine rings is 1. The van der Waals surface area contributed by atoms with Crippen LogP contribution in [0.15, 0.2) is 65.3 Å². The molecule has 5 nitrogen and oxygen atoms in total. The molecule has 1 saturated heterocycles. The van der Waals surface area contributed by atoms with Gasteiger partial charge in [-0.05, 0) is 76.0 Å². The van der Waals surface area contributed by atoms with E-state index in [1.54, 1.807) is 13.2 Å². The predicted molar refractivity (Wildman–Crippen MR) is 158 cm³/mol. The molecule has 0 amide bonds. The summed E-state index contributed by atoms with van der Waals surface area (Å²) < 4.78 is 0. The highest BCUT2D eigenvalue weighted by molar-refractivity contribution is 5.88. The summed E-state index contributed by atoms with van der Waals surface area (Å²) in [6, 6.07) is 17.5. The number of rotatable bonds is 9. The van der Waals surface area contributed by atoms with Crippen LogP contribution in [0.25, 0.3) is 23.9 Å². The molecule has 3 N–H and O–H groups in total. The molecular weight excluding hydrogens is 442 g/mol. The van der Waals surface area contributed by atoms with Gasteiger partial charge in [0, 0.05) is 63.9 Å². The number of fused-ring (bicyclic) bond motifs is 1. The number of aliphatic imine (C=N–C) groups is 1. The van der Waals surface area contributed by atoms with Gasteiger partial charge in [0.1, 0.15) is 0 Å². The van der Waals surface area contributed by atoms with E-state index in [1.807, 2.05) is 6.21 Å². The first-order valence-corrected chi connectivity index (χ1v) is 12.8. The van der Waals surface area contributed by atoms with Crippen LogP contribution in [-0.4, -0.2) is 57.4 Å². The average Bonchev–Trinajstić information content (AvgIpc) is 2.92. The Balaban J connectivity index is 1.27. The van der Waals surface area contributed by atoms with Crippen LogP contribution in [0.3, 0.4) is 0 Å². The highest BCUT2D eigenvalue weighted by atomic mass is 15.3. The van der Waals surface area contributed by atoms with Gasteiger partial charge in [-0.25, -0.2) is 0 Å². The second-order valence-electron chi connectivity index (χ2n) is 9.59. The van der Waals surface area contributed by atoms with Gasteiger partial charge in [0.2, 0.25) is 0 Å². The monoisotopic (exact) mass is 481 g/mol. The van der Waals surface area contributed by atoms with Crippen LogP contribution in [-0.2, 0) is 6.42 Å². The number of hydrogen-bond donors (Lipinski definition) is 2. The van der Waals surface area contributed by atoms with Crippen molar-refractivity contribution in [2.24, 2.45) is 10.7 Å². The van der Waals surface area contributed by atoms with Gasteiger partial charge in [-0.3, -0.25) is 9.89 Å². The zero-order chi connectivity index (χ0) is 25.5. The van der Waals surface area contributed by atoms with Gasteiger partial charge in [-0.2, -0.15) is 0 Å². The van der Waals surface area contributed by atoms with E-state index in [0.717, 1.165) is 73.8 Å². The van der Waals surface area contributed by atoms with Crippen LogP contribution < -0.4 is 26.4 Å². The maximum Gasteiger partial charge on any atom is 0.0449 e. The fourth-order valence-electron chi connectivity index (χ4n) is 5.07. The van der Waals surface area contributed by atoms with E-state index in [-0.39, 0.29) is 0 Å². The Hall–Kier alpha value is -3.57. The van der Waals surface area contributed by atoms with E-state index in [1.165, 1.54) is 27.6 Å². The molecule has 0 atom stereocenters. The summed E-state index contributed by atoms with van der Waals surface area (Å²) in [6.07, 6.45) is 5.62. The first-order chi connectivity index (χ1) is 17.5. The van der Waals surface area contributed by atoms with Crippen LogP contribution in [0.1, 0.15) is 17.5 Å². The van der Waals surface area contributed by atoms with Gasteiger partial charge in [-0.1, -0.05) is 49.6 Å². The smallest absolute Gasteiger partial charge is 0.0449 e. The van der Waals surface area contributed by atoms with Gasteiger partial charge in [0.05, 0.1) is 0 Å². The van der Waals surface area contributed by atoms with Gasteiger partial charge < -0.3 is 16.0 Å². The molecule has 3 aromatic rings. The van der Waals surface area contributed by atoms with Crippen molar-refractivity contribution < 1.29 is 0 Å². The molecule has 0 aromatic heterocycles. The third-order valence-corrected chi connectivity index (χ3v) is 7.24. The highest BCUT2D eigenvalue weighted by Crippen LogP contribution is 2.19. The Kier molecular flexibility index (Phi) is 8.44. The molecule has 36 heavy (non-hydrogen) atoms. The van der Waals surface area contributed by atoms with Gasteiger partial charge in [0.15, 0.2) is 0 Å². The van der Waals surface area contributed by atoms with Crippen molar-refractivity contribution in [2.45, 2.75) is 19.8 Å². The lowest BCUT2D eigenvalue weighted by atomic mass is 10.0. The van der Waals surface area contributed by atoms with E-state index in [4.69, 9.17) is 5.73 Å². The molecule has 1 heterocycles.